The van der Waals surface area contributed by atoms with Crippen molar-refractivity contribution in [3.05, 3.63) is 29.6 Å². The largest absolute Gasteiger partial charge is 0.433 e. The molecule has 1 heterocycles. The van der Waals surface area contributed by atoms with E-state index in [0.717, 1.165) is 18.9 Å². The number of ether oxygens (including phenoxy) is 1. The summed E-state index contributed by atoms with van der Waals surface area (Å²) in [6.45, 7) is 1.88. The zero-order valence-corrected chi connectivity index (χ0v) is 18.3. The molecule has 1 saturated heterocycles. The van der Waals surface area contributed by atoms with Crippen LogP contribution in [-0.2, 0) is 6.54 Å². The van der Waals surface area contributed by atoms with E-state index in [4.69, 9.17) is 0 Å². The highest BCUT2D eigenvalue weighted by atomic mass is 19.3. The van der Waals surface area contributed by atoms with Gasteiger partial charge in [-0.15, -0.1) is 0 Å². The van der Waals surface area contributed by atoms with Crippen molar-refractivity contribution in [2.24, 2.45) is 0 Å². The number of hydrogen-bond acceptors (Lipinski definition) is 3. The molecule has 0 spiro atoms. The maximum Gasteiger partial charge on any atom is 0.394 e. The Hall–Kier alpha value is -2.72. The lowest BCUT2D eigenvalue weighted by molar-refractivity contribution is -0.159. The summed E-state index contributed by atoms with van der Waals surface area (Å²) >= 11 is 0. The Morgan fingerprint density at radius 3 is 2.56 bits per heavy atom. The molecule has 7 nitrogen and oxygen atoms in total. The van der Waals surface area contributed by atoms with Crippen molar-refractivity contribution in [2.45, 2.75) is 63.5 Å². The van der Waals surface area contributed by atoms with Crippen LogP contribution in [0.5, 0.6) is 5.75 Å². The average Bonchev–Trinajstić information content (AvgIpc) is 3.49. The third kappa shape index (κ3) is 6.17. The first-order valence-corrected chi connectivity index (χ1v) is 10.5. The van der Waals surface area contributed by atoms with E-state index in [1.165, 1.54) is 31.0 Å². The summed E-state index contributed by atoms with van der Waals surface area (Å²) in [5.74, 6) is -1.13. The van der Waals surface area contributed by atoms with Crippen molar-refractivity contribution in [1.29, 1.82) is 0 Å². The molecule has 1 aromatic carbocycles. The molecule has 11 heteroatoms. The molecule has 4 amide bonds. The summed E-state index contributed by atoms with van der Waals surface area (Å²) in [6.07, 6.45) is -1.84. The molecule has 1 saturated carbocycles. The minimum absolute atomic E-state index is 0.0697. The van der Waals surface area contributed by atoms with Crippen molar-refractivity contribution in [1.82, 2.24) is 20.4 Å². The van der Waals surface area contributed by atoms with Crippen LogP contribution in [0.1, 0.15) is 38.7 Å². The summed E-state index contributed by atoms with van der Waals surface area (Å²) in [7, 11) is 1.46. The van der Waals surface area contributed by atoms with E-state index < -0.39 is 35.7 Å². The molecule has 1 aliphatic carbocycles. The molecule has 2 atom stereocenters. The molecular formula is C21H28F4N4O3. The van der Waals surface area contributed by atoms with Crippen molar-refractivity contribution in [3.63, 3.8) is 0 Å². The second kappa shape index (κ2) is 9.03. The molecule has 0 aromatic heterocycles. The molecule has 32 heavy (non-hydrogen) atoms. The summed E-state index contributed by atoms with van der Waals surface area (Å²) in [4.78, 5) is 27.9. The van der Waals surface area contributed by atoms with Crippen LogP contribution < -0.4 is 15.4 Å². The van der Waals surface area contributed by atoms with Gasteiger partial charge in [0.2, 0.25) is 0 Å². The van der Waals surface area contributed by atoms with Gasteiger partial charge in [-0.3, -0.25) is 0 Å². The van der Waals surface area contributed by atoms with Crippen LogP contribution in [0.25, 0.3) is 0 Å². The number of amides is 4. The van der Waals surface area contributed by atoms with E-state index in [2.05, 4.69) is 15.4 Å². The second-order valence-corrected chi connectivity index (χ2v) is 8.67. The van der Waals surface area contributed by atoms with E-state index in [9.17, 15) is 27.2 Å². The van der Waals surface area contributed by atoms with Gasteiger partial charge in [-0.25, -0.2) is 18.4 Å². The zero-order chi connectivity index (χ0) is 23.7. The number of nitrogens with one attached hydrogen (secondary N) is 2. The topological polar surface area (TPSA) is 73.9 Å². The molecule has 3 rings (SSSR count). The standard InChI is InChI=1S/C21H28F4N4O3/c1-20(23)9-15(11-28(12-20)18(30)26-3)29(14-5-6-14)19(31)27-10-13-4-7-16(8-17(13)22)32-21(2,24)25/h4,7-8,14-15H,5-6,9-12H2,1-3H3,(H,26,30)(H,27,31)/t15-,20-/m1/s1. The number of halogens is 4. The number of nitrogens with zero attached hydrogens (tertiary/aromatic N) is 2. The van der Waals surface area contributed by atoms with Crippen LogP contribution >= 0.6 is 0 Å². The highest BCUT2D eigenvalue weighted by Gasteiger charge is 2.45. The lowest BCUT2D eigenvalue weighted by Crippen LogP contribution is -2.61. The van der Waals surface area contributed by atoms with E-state index in [0.29, 0.717) is 6.92 Å². The molecule has 0 radical (unpaired) electrons. The SMILES string of the molecule is CNC(=O)N1C[C@H](N(C(=O)NCc2ccc(OC(C)(F)F)cc2F)C2CC2)C[C@@](C)(F)C1. The average molecular weight is 460 g/mol. The quantitative estimate of drug-likeness (QED) is 0.637. The van der Waals surface area contributed by atoms with Crippen molar-refractivity contribution in [3.8, 4) is 5.75 Å². The fourth-order valence-corrected chi connectivity index (χ4v) is 4.02. The second-order valence-electron chi connectivity index (χ2n) is 8.67. The Bertz CT molecular complexity index is 858. The number of benzene rings is 1. The van der Waals surface area contributed by atoms with Gasteiger partial charge in [-0.1, -0.05) is 6.07 Å². The fourth-order valence-electron chi connectivity index (χ4n) is 4.02. The lowest BCUT2D eigenvalue weighted by Gasteiger charge is -2.44. The number of hydrogen-bond donors (Lipinski definition) is 2. The maximum absolute atomic E-state index is 14.9. The molecule has 178 valence electrons. The Morgan fingerprint density at radius 1 is 1.31 bits per heavy atom. The number of urea groups is 2. The first-order chi connectivity index (χ1) is 14.9. The van der Waals surface area contributed by atoms with E-state index >= 15 is 0 Å². The Kier molecular flexibility index (Phi) is 6.75. The minimum atomic E-state index is -3.44. The van der Waals surface area contributed by atoms with Gasteiger partial charge < -0.3 is 25.2 Å². The number of likely N-dealkylation sites (tertiary alicyclic amines) is 1. The molecule has 2 N–H and O–H groups in total. The highest BCUT2D eigenvalue weighted by Crippen LogP contribution is 2.35. The van der Waals surface area contributed by atoms with Crippen LogP contribution in [0.3, 0.4) is 0 Å². The molecule has 2 fully saturated rings. The van der Waals surface area contributed by atoms with Crippen LogP contribution in [0.4, 0.5) is 27.2 Å². The molecule has 0 unspecified atom stereocenters. The normalized spacial score (nSPS) is 23.5. The van der Waals surface area contributed by atoms with Crippen LogP contribution in [0.15, 0.2) is 18.2 Å². The Morgan fingerprint density at radius 2 is 2.00 bits per heavy atom. The van der Waals surface area contributed by atoms with Gasteiger partial charge >= 0.3 is 18.2 Å². The fraction of sp³-hybridized carbons (Fsp3) is 0.619. The Balaban J connectivity index is 1.68. The lowest BCUT2D eigenvalue weighted by atomic mass is 9.92. The van der Waals surface area contributed by atoms with Crippen molar-refractivity contribution >= 4 is 12.1 Å². The van der Waals surface area contributed by atoms with Gasteiger partial charge in [0.15, 0.2) is 0 Å². The minimum Gasteiger partial charge on any atom is -0.433 e. The highest BCUT2D eigenvalue weighted by molar-refractivity contribution is 5.76. The molecule has 1 aliphatic heterocycles. The maximum atomic E-state index is 14.9. The van der Waals surface area contributed by atoms with Crippen LogP contribution in [0.2, 0.25) is 0 Å². The smallest absolute Gasteiger partial charge is 0.394 e. The van der Waals surface area contributed by atoms with Crippen molar-refractivity contribution < 1.29 is 31.9 Å². The van der Waals surface area contributed by atoms with Gasteiger partial charge in [-0.05, 0) is 25.8 Å². The summed E-state index contributed by atoms with van der Waals surface area (Å²) in [5, 5.41) is 5.11. The molecule has 0 bridgehead atoms. The first kappa shape index (κ1) is 23.9. The van der Waals surface area contributed by atoms with E-state index in [1.807, 2.05) is 0 Å². The molecular weight excluding hydrogens is 432 g/mol. The summed E-state index contributed by atoms with van der Waals surface area (Å²) in [5.41, 5.74) is -1.57. The van der Waals surface area contributed by atoms with E-state index in [1.54, 1.807) is 4.90 Å². The number of carbonyl (C=O) groups excluding carboxylic acids is 2. The monoisotopic (exact) mass is 460 g/mol. The van der Waals surface area contributed by atoms with Gasteiger partial charge in [0, 0.05) is 51.2 Å². The third-order valence-corrected chi connectivity index (χ3v) is 5.43. The predicted molar refractivity (Wildman–Crippen MR) is 109 cm³/mol. The third-order valence-electron chi connectivity index (χ3n) is 5.43. The van der Waals surface area contributed by atoms with Gasteiger partial charge in [0.1, 0.15) is 17.2 Å². The Labute approximate surface area is 184 Å². The molecule has 1 aromatic rings. The van der Waals surface area contributed by atoms with Crippen LogP contribution in [0, 0.1) is 5.82 Å². The van der Waals surface area contributed by atoms with Gasteiger partial charge in [0.05, 0.1) is 12.6 Å². The number of rotatable bonds is 6. The number of alkyl halides is 3. The van der Waals surface area contributed by atoms with E-state index in [-0.39, 0.29) is 43.4 Å². The molecule has 2 aliphatic rings. The summed E-state index contributed by atoms with van der Waals surface area (Å²) < 4.78 is 59.4. The number of piperidine rings is 1. The first-order valence-electron chi connectivity index (χ1n) is 10.5. The zero-order valence-electron chi connectivity index (χ0n) is 18.3. The number of carbonyl (C=O) groups is 2. The van der Waals surface area contributed by atoms with Gasteiger partial charge in [0.25, 0.3) is 0 Å². The van der Waals surface area contributed by atoms with Gasteiger partial charge in [-0.2, -0.15) is 8.78 Å². The van der Waals surface area contributed by atoms with Crippen molar-refractivity contribution in [2.75, 3.05) is 20.1 Å². The predicted octanol–water partition coefficient (Wildman–Crippen LogP) is 3.63. The summed E-state index contributed by atoms with van der Waals surface area (Å²) in [6, 6.07) is 1.75. The van der Waals surface area contributed by atoms with Crippen LogP contribution in [-0.4, -0.2) is 65.9 Å².